The maximum atomic E-state index is 2.27. The van der Waals surface area contributed by atoms with Crippen LogP contribution < -0.4 is 0 Å². The quantitative estimate of drug-likeness (QED) is 0.474. The Morgan fingerprint density at radius 3 is 1.17 bits per heavy atom. The van der Waals surface area contributed by atoms with Gasteiger partial charge in [0.15, 0.2) is 0 Å². The van der Waals surface area contributed by atoms with Crippen LogP contribution in [0.15, 0.2) is 54.6 Å². The summed E-state index contributed by atoms with van der Waals surface area (Å²) in [4.78, 5) is 0. The highest BCUT2D eigenvalue weighted by Crippen LogP contribution is 2.21. The molecule has 0 bridgehead atoms. The van der Waals surface area contributed by atoms with E-state index >= 15 is 0 Å². The highest BCUT2D eigenvalue weighted by molar-refractivity contribution is 5.22. The minimum absolute atomic E-state index is 0.398. The van der Waals surface area contributed by atoms with E-state index in [-0.39, 0.29) is 0 Å². The summed E-state index contributed by atoms with van der Waals surface area (Å²) in [6.45, 7) is 24.7. The van der Waals surface area contributed by atoms with Crippen molar-refractivity contribution in [3.63, 3.8) is 0 Å². The van der Waals surface area contributed by atoms with Crippen molar-refractivity contribution in [2.75, 3.05) is 0 Å². The molecular formula is C29H48. The van der Waals surface area contributed by atoms with Gasteiger partial charge in [0.05, 0.1) is 0 Å². The lowest BCUT2D eigenvalue weighted by Gasteiger charge is -2.17. The van der Waals surface area contributed by atoms with E-state index in [4.69, 9.17) is 0 Å². The van der Waals surface area contributed by atoms with Gasteiger partial charge in [0.25, 0.3) is 0 Å². The lowest BCUT2D eigenvalue weighted by atomic mass is 9.88. The van der Waals surface area contributed by atoms with Crippen molar-refractivity contribution in [2.24, 2.45) is 16.2 Å². The van der Waals surface area contributed by atoms with Crippen LogP contribution in [-0.2, 0) is 12.8 Å². The number of hydrogen-bond acceptors (Lipinski definition) is 0. The Labute approximate surface area is 183 Å². The zero-order chi connectivity index (χ0) is 22.7. The molecule has 0 fully saturated rings. The largest absolute Gasteiger partial charge is 0.0649 e. The molecule has 2 aromatic rings. The second-order valence-electron chi connectivity index (χ2n) is 11.9. The highest BCUT2D eigenvalue weighted by atomic mass is 14.2. The molecule has 0 N–H and O–H groups in total. The van der Waals surface area contributed by atoms with Crippen LogP contribution in [0.2, 0.25) is 0 Å². The molecule has 0 spiro atoms. The molecule has 0 aliphatic heterocycles. The highest BCUT2D eigenvalue weighted by Gasteiger charge is 2.10. The van der Waals surface area contributed by atoms with E-state index in [0.717, 1.165) is 12.8 Å². The third-order valence-corrected chi connectivity index (χ3v) is 4.49. The first-order valence-electron chi connectivity index (χ1n) is 11.2. The molecular weight excluding hydrogens is 348 g/mol. The molecule has 0 amide bonds. The summed E-state index contributed by atoms with van der Waals surface area (Å²) < 4.78 is 0. The van der Waals surface area contributed by atoms with Gasteiger partial charge in [-0.3, -0.25) is 0 Å². The summed E-state index contributed by atoms with van der Waals surface area (Å²) in [5, 5.41) is 0. The molecule has 0 aliphatic carbocycles. The number of aryl methyl sites for hydroxylation is 1. The number of rotatable bonds is 2. The van der Waals surface area contributed by atoms with Crippen LogP contribution in [0.1, 0.15) is 92.3 Å². The lowest BCUT2D eigenvalue weighted by molar-refractivity contribution is 0.398. The van der Waals surface area contributed by atoms with Crippen LogP contribution in [-0.4, -0.2) is 0 Å². The lowest BCUT2D eigenvalue weighted by Crippen LogP contribution is -2.08. The molecule has 0 nitrogen and oxygen atoms in total. The van der Waals surface area contributed by atoms with Crippen molar-refractivity contribution >= 4 is 0 Å². The molecule has 0 atom stereocenters. The van der Waals surface area contributed by atoms with Crippen LogP contribution in [0.25, 0.3) is 0 Å². The first-order valence-corrected chi connectivity index (χ1v) is 11.2. The van der Waals surface area contributed by atoms with Gasteiger partial charge in [-0.05, 0) is 47.1 Å². The van der Waals surface area contributed by atoms with Crippen molar-refractivity contribution in [3.05, 3.63) is 71.3 Å². The molecule has 0 heteroatoms. The van der Waals surface area contributed by atoms with Crippen LogP contribution in [0.3, 0.4) is 0 Å². The van der Waals surface area contributed by atoms with Crippen molar-refractivity contribution < 1.29 is 0 Å². The van der Waals surface area contributed by atoms with Crippen LogP contribution in [0.5, 0.6) is 0 Å². The third-order valence-electron chi connectivity index (χ3n) is 4.49. The predicted octanol–water partition coefficient (Wildman–Crippen LogP) is 9.30. The molecule has 0 aromatic heterocycles. The molecule has 29 heavy (non-hydrogen) atoms. The zero-order valence-electron chi connectivity index (χ0n) is 21.3. The first-order chi connectivity index (χ1) is 13.1. The average Bonchev–Trinajstić information content (AvgIpc) is 2.56. The fourth-order valence-corrected chi connectivity index (χ4v) is 2.53. The maximum absolute atomic E-state index is 2.27. The summed E-state index contributed by atoms with van der Waals surface area (Å²) in [5.41, 5.74) is 5.55. The Morgan fingerprint density at radius 1 is 0.517 bits per heavy atom. The van der Waals surface area contributed by atoms with E-state index in [0.29, 0.717) is 16.2 Å². The minimum atomic E-state index is 0.398. The van der Waals surface area contributed by atoms with Gasteiger partial charge in [0.2, 0.25) is 0 Å². The van der Waals surface area contributed by atoms with Crippen molar-refractivity contribution in [1.82, 2.24) is 0 Å². The maximum Gasteiger partial charge on any atom is -0.0230 e. The van der Waals surface area contributed by atoms with E-state index in [1.807, 2.05) is 0 Å². The second kappa shape index (κ2) is 12.2. The van der Waals surface area contributed by atoms with Gasteiger partial charge in [-0.2, -0.15) is 0 Å². The Balaban J connectivity index is 0.000000430. The number of benzene rings is 2. The predicted molar refractivity (Wildman–Crippen MR) is 134 cm³/mol. The Kier molecular flexibility index (Phi) is 11.6. The first kappa shape index (κ1) is 27.4. The van der Waals surface area contributed by atoms with E-state index in [9.17, 15) is 0 Å². The summed E-state index contributed by atoms with van der Waals surface area (Å²) in [7, 11) is 0. The molecule has 0 saturated carbocycles. The fourth-order valence-electron chi connectivity index (χ4n) is 2.53. The summed E-state index contributed by atoms with van der Waals surface area (Å²) in [5.74, 6) is 0. The molecule has 2 aromatic carbocycles. The van der Waals surface area contributed by atoms with Crippen LogP contribution in [0, 0.1) is 23.2 Å². The van der Waals surface area contributed by atoms with E-state index < -0.39 is 0 Å². The fraction of sp³-hybridized carbons (Fsp3) is 0.586. The molecule has 0 unspecified atom stereocenters. The van der Waals surface area contributed by atoms with Gasteiger partial charge in [-0.25, -0.2) is 0 Å². The molecule has 164 valence electrons. The smallest absolute Gasteiger partial charge is 0.0230 e. The van der Waals surface area contributed by atoms with Crippen molar-refractivity contribution in [1.29, 1.82) is 0 Å². The van der Waals surface area contributed by atoms with E-state index in [1.54, 1.807) is 0 Å². The topological polar surface area (TPSA) is 0 Å². The Morgan fingerprint density at radius 2 is 0.862 bits per heavy atom. The zero-order valence-corrected chi connectivity index (χ0v) is 21.3. The number of hydrogen-bond donors (Lipinski definition) is 0. The van der Waals surface area contributed by atoms with Crippen molar-refractivity contribution in [2.45, 2.75) is 95.4 Å². The van der Waals surface area contributed by atoms with Crippen LogP contribution >= 0.6 is 0 Å². The second-order valence-corrected chi connectivity index (χ2v) is 11.9. The van der Waals surface area contributed by atoms with Gasteiger partial charge < -0.3 is 0 Å². The SMILES string of the molecule is CC(C)(C)Cc1ccccc1.CCC(C)(C)C.Cc1ccc(CC(C)(C)C)cc1. The van der Waals surface area contributed by atoms with Crippen LogP contribution in [0.4, 0.5) is 0 Å². The van der Waals surface area contributed by atoms with Gasteiger partial charge in [0, 0.05) is 0 Å². The monoisotopic (exact) mass is 396 g/mol. The average molecular weight is 397 g/mol. The van der Waals surface area contributed by atoms with E-state index in [2.05, 4.69) is 131 Å². The van der Waals surface area contributed by atoms with Gasteiger partial charge in [-0.1, -0.05) is 136 Å². The van der Waals surface area contributed by atoms with Gasteiger partial charge in [0.1, 0.15) is 0 Å². The molecule has 2 rings (SSSR count). The van der Waals surface area contributed by atoms with Crippen molar-refractivity contribution in [3.8, 4) is 0 Å². The summed E-state index contributed by atoms with van der Waals surface area (Å²) >= 11 is 0. The summed E-state index contributed by atoms with van der Waals surface area (Å²) in [6.07, 6.45) is 3.59. The molecule has 0 aliphatic rings. The van der Waals surface area contributed by atoms with Gasteiger partial charge >= 0.3 is 0 Å². The summed E-state index contributed by atoms with van der Waals surface area (Å²) in [6, 6.07) is 19.4. The standard InChI is InChI=1S/C12H18.C11H16.C6H14/c1-10-5-7-11(8-6-10)9-12(2,3)4;1-11(2,3)9-10-7-5-4-6-8-10;1-5-6(2,3)4/h5-8H,9H2,1-4H3;4-8H,9H2,1-3H3;5H2,1-4H3. The third kappa shape index (κ3) is 18.2. The molecule has 0 heterocycles. The normalized spacial score (nSPS) is 11.7. The molecule has 0 saturated heterocycles. The minimum Gasteiger partial charge on any atom is -0.0649 e. The Hall–Kier alpha value is -1.56. The molecule has 0 radical (unpaired) electrons. The van der Waals surface area contributed by atoms with E-state index in [1.165, 1.54) is 23.1 Å². The van der Waals surface area contributed by atoms with Gasteiger partial charge in [-0.15, -0.1) is 0 Å². The Bertz CT molecular complexity index is 640.